The van der Waals surface area contributed by atoms with Crippen molar-refractivity contribution >= 4 is 6.08 Å². The van der Waals surface area contributed by atoms with Gasteiger partial charge < -0.3 is 0 Å². The Labute approximate surface area is 123 Å². The number of allylic oxidation sites excluding steroid dienone is 1. The fraction of sp³-hybridized carbons (Fsp3) is 0.444. The third-order valence-corrected chi connectivity index (χ3v) is 3.90. The summed E-state index contributed by atoms with van der Waals surface area (Å²) in [5, 5.41) is 0. The van der Waals surface area contributed by atoms with E-state index in [-0.39, 0.29) is 0 Å². The maximum Gasteiger partial charge on any atom is 0.0191 e. The topological polar surface area (TPSA) is 6.48 Å². The average Bonchev–Trinajstić information content (AvgIpc) is 2.50. The Morgan fingerprint density at radius 2 is 1.70 bits per heavy atom. The summed E-state index contributed by atoms with van der Waals surface area (Å²) in [5.41, 5.74) is 2.76. The average molecular weight is 270 g/mol. The summed E-state index contributed by atoms with van der Waals surface area (Å²) < 4.78 is 0. The molecule has 0 aromatic heterocycles. The van der Waals surface area contributed by atoms with Crippen LogP contribution in [-0.2, 0) is 0 Å². The lowest BCUT2D eigenvalue weighted by Gasteiger charge is -2.34. The molecular weight excluding hydrogens is 244 g/mol. The van der Waals surface area contributed by atoms with Crippen LogP contribution in [0.25, 0.3) is 6.08 Å². The molecular formula is C18H26N2. The van der Waals surface area contributed by atoms with Gasteiger partial charge in [0.1, 0.15) is 0 Å². The Morgan fingerprint density at radius 1 is 1.05 bits per heavy atom. The SMILES string of the molecule is C/C=C(\C)CN1CCN(C/C=C/c2ccccc2)CC1. The van der Waals surface area contributed by atoms with Gasteiger partial charge in [-0.05, 0) is 19.4 Å². The smallest absolute Gasteiger partial charge is 0.0191 e. The van der Waals surface area contributed by atoms with E-state index in [0.717, 1.165) is 13.1 Å². The van der Waals surface area contributed by atoms with Crippen LogP contribution in [0.1, 0.15) is 19.4 Å². The molecule has 1 aliphatic rings. The van der Waals surface area contributed by atoms with Crippen LogP contribution < -0.4 is 0 Å². The first-order valence-electron chi connectivity index (χ1n) is 7.56. The van der Waals surface area contributed by atoms with Crippen LogP contribution in [-0.4, -0.2) is 49.1 Å². The maximum atomic E-state index is 2.55. The Morgan fingerprint density at radius 3 is 2.35 bits per heavy atom. The van der Waals surface area contributed by atoms with Crippen molar-refractivity contribution in [3.63, 3.8) is 0 Å². The van der Waals surface area contributed by atoms with E-state index in [1.807, 2.05) is 0 Å². The van der Waals surface area contributed by atoms with Crippen LogP contribution in [0.2, 0.25) is 0 Å². The summed E-state index contributed by atoms with van der Waals surface area (Å²) in [6, 6.07) is 10.5. The van der Waals surface area contributed by atoms with Crippen LogP contribution in [0, 0.1) is 0 Å². The van der Waals surface area contributed by atoms with E-state index in [0.29, 0.717) is 0 Å². The molecule has 2 heteroatoms. The van der Waals surface area contributed by atoms with Crippen LogP contribution in [0.4, 0.5) is 0 Å². The van der Waals surface area contributed by atoms with Crippen LogP contribution in [0.15, 0.2) is 48.1 Å². The highest BCUT2D eigenvalue weighted by molar-refractivity contribution is 5.48. The highest BCUT2D eigenvalue weighted by Crippen LogP contribution is 2.06. The lowest BCUT2D eigenvalue weighted by molar-refractivity contribution is 0.151. The molecule has 0 aliphatic carbocycles. The molecule has 0 bridgehead atoms. The Kier molecular flexibility index (Phi) is 6.03. The van der Waals surface area contributed by atoms with Crippen molar-refractivity contribution in [3.8, 4) is 0 Å². The molecule has 0 saturated carbocycles. The van der Waals surface area contributed by atoms with Crippen molar-refractivity contribution in [2.45, 2.75) is 13.8 Å². The summed E-state index contributed by atoms with van der Waals surface area (Å²) in [6.45, 7) is 11.3. The molecule has 20 heavy (non-hydrogen) atoms. The number of piperazine rings is 1. The molecule has 0 spiro atoms. The Hall–Kier alpha value is -1.38. The highest BCUT2D eigenvalue weighted by atomic mass is 15.3. The predicted molar refractivity (Wildman–Crippen MR) is 87.8 cm³/mol. The molecule has 1 aliphatic heterocycles. The van der Waals surface area contributed by atoms with E-state index in [1.165, 1.54) is 37.3 Å². The Bertz CT molecular complexity index is 440. The summed E-state index contributed by atoms with van der Waals surface area (Å²) in [6.07, 6.45) is 6.72. The molecule has 0 amide bonds. The molecule has 0 N–H and O–H groups in total. The lowest BCUT2D eigenvalue weighted by Crippen LogP contribution is -2.46. The standard InChI is InChI=1S/C18H26N2/c1-3-17(2)16-20-14-12-19(13-15-20)11-7-10-18-8-5-4-6-9-18/h3-10H,11-16H2,1-2H3/b10-7+,17-3+. The van der Waals surface area contributed by atoms with E-state index in [1.54, 1.807) is 0 Å². The molecule has 1 fully saturated rings. The fourth-order valence-corrected chi connectivity index (χ4v) is 2.48. The molecule has 1 heterocycles. The minimum absolute atomic E-state index is 1.06. The first kappa shape index (κ1) is 15.0. The maximum absolute atomic E-state index is 2.55. The second-order valence-electron chi connectivity index (χ2n) is 5.52. The van der Waals surface area contributed by atoms with E-state index in [9.17, 15) is 0 Å². The summed E-state index contributed by atoms with van der Waals surface area (Å²) >= 11 is 0. The van der Waals surface area contributed by atoms with Gasteiger partial charge in [0.2, 0.25) is 0 Å². The molecule has 108 valence electrons. The van der Waals surface area contributed by atoms with Gasteiger partial charge >= 0.3 is 0 Å². The predicted octanol–water partition coefficient (Wildman–Crippen LogP) is 3.28. The van der Waals surface area contributed by atoms with Gasteiger partial charge in [-0.1, -0.05) is 54.1 Å². The highest BCUT2D eigenvalue weighted by Gasteiger charge is 2.15. The third kappa shape index (κ3) is 4.95. The number of nitrogens with zero attached hydrogens (tertiary/aromatic N) is 2. The number of benzene rings is 1. The third-order valence-electron chi connectivity index (χ3n) is 3.90. The van der Waals surface area contributed by atoms with Crippen molar-refractivity contribution in [1.82, 2.24) is 9.80 Å². The quantitative estimate of drug-likeness (QED) is 0.758. The number of rotatable bonds is 5. The van der Waals surface area contributed by atoms with Crippen molar-refractivity contribution in [2.75, 3.05) is 39.3 Å². The minimum Gasteiger partial charge on any atom is -0.297 e. The van der Waals surface area contributed by atoms with Crippen molar-refractivity contribution < 1.29 is 0 Å². The van der Waals surface area contributed by atoms with Crippen molar-refractivity contribution in [3.05, 3.63) is 53.6 Å². The van der Waals surface area contributed by atoms with Crippen LogP contribution in [0.3, 0.4) is 0 Å². The lowest BCUT2D eigenvalue weighted by atomic mass is 10.2. The van der Waals surface area contributed by atoms with Gasteiger partial charge in [-0.15, -0.1) is 0 Å². The normalized spacial score (nSPS) is 18.8. The molecule has 1 aromatic rings. The van der Waals surface area contributed by atoms with Crippen LogP contribution >= 0.6 is 0 Å². The minimum atomic E-state index is 1.06. The van der Waals surface area contributed by atoms with E-state index in [2.05, 4.69) is 72.2 Å². The molecule has 1 saturated heterocycles. The molecule has 2 nitrogen and oxygen atoms in total. The second kappa shape index (κ2) is 8.03. The Balaban J connectivity index is 1.71. The van der Waals surface area contributed by atoms with Gasteiger partial charge in [0.05, 0.1) is 0 Å². The van der Waals surface area contributed by atoms with Crippen molar-refractivity contribution in [2.24, 2.45) is 0 Å². The molecule has 2 rings (SSSR count). The zero-order valence-electron chi connectivity index (χ0n) is 12.8. The largest absolute Gasteiger partial charge is 0.297 e. The molecule has 0 radical (unpaired) electrons. The molecule has 1 aromatic carbocycles. The van der Waals surface area contributed by atoms with Gasteiger partial charge in [0, 0.05) is 39.3 Å². The summed E-state index contributed by atoms with van der Waals surface area (Å²) in [4.78, 5) is 5.08. The zero-order chi connectivity index (χ0) is 14.2. The van der Waals surface area contributed by atoms with Crippen LogP contribution in [0.5, 0.6) is 0 Å². The molecule has 0 atom stereocenters. The van der Waals surface area contributed by atoms with E-state index >= 15 is 0 Å². The van der Waals surface area contributed by atoms with Gasteiger partial charge in [0.15, 0.2) is 0 Å². The zero-order valence-corrected chi connectivity index (χ0v) is 12.8. The molecule has 0 unspecified atom stereocenters. The number of hydrogen-bond acceptors (Lipinski definition) is 2. The second-order valence-corrected chi connectivity index (χ2v) is 5.52. The van der Waals surface area contributed by atoms with Gasteiger partial charge in [-0.3, -0.25) is 9.80 Å². The van der Waals surface area contributed by atoms with Gasteiger partial charge in [-0.2, -0.15) is 0 Å². The fourth-order valence-electron chi connectivity index (χ4n) is 2.48. The first-order valence-corrected chi connectivity index (χ1v) is 7.56. The monoisotopic (exact) mass is 270 g/mol. The van der Waals surface area contributed by atoms with Crippen molar-refractivity contribution in [1.29, 1.82) is 0 Å². The number of hydrogen-bond donors (Lipinski definition) is 0. The first-order chi connectivity index (χ1) is 9.78. The summed E-state index contributed by atoms with van der Waals surface area (Å²) in [7, 11) is 0. The van der Waals surface area contributed by atoms with E-state index < -0.39 is 0 Å². The summed E-state index contributed by atoms with van der Waals surface area (Å²) in [5.74, 6) is 0. The van der Waals surface area contributed by atoms with Gasteiger partial charge in [-0.25, -0.2) is 0 Å². The van der Waals surface area contributed by atoms with E-state index in [4.69, 9.17) is 0 Å². The van der Waals surface area contributed by atoms with Gasteiger partial charge in [0.25, 0.3) is 0 Å².